The first-order chi connectivity index (χ1) is 8.69. The zero-order valence-electron chi connectivity index (χ0n) is 9.60. The van der Waals surface area contributed by atoms with E-state index in [9.17, 15) is 9.59 Å². The van der Waals surface area contributed by atoms with E-state index in [-0.39, 0.29) is 17.3 Å². The molecule has 0 unspecified atom stereocenters. The molecule has 0 fully saturated rings. The quantitative estimate of drug-likeness (QED) is 0.729. The van der Waals surface area contributed by atoms with E-state index in [4.69, 9.17) is 0 Å². The summed E-state index contributed by atoms with van der Waals surface area (Å²) in [7, 11) is 1.74. The van der Waals surface area contributed by atoms with E-state index in [0.29, 0.717) is 11.4 Å². The molecule has 0 bridgehead atoms. The molecule has 18 heavy (non-hydrogen) atoms. The molecule has 0 radical (unpaired) electrons. The van der Waals surface area contributed by atoms with Crippen molar-refractivity contribution in [1.29, 1.82) is 0 Å². The predicted molar refractivity (Wildman–Crippen MR) is 66.6 cm³/mol. The van der Waals surface area contributed by atoms with Gasteiger partial charge in [0.15, 0.2) is 5.82 Å². The van der Waals surface area contributed by atoms with Gasteiger partial charge in [0.25, 0.3) is 11.5 Å². The lowest BCUT2D eigenvalue weighted by atomic mass is 10.2. The maximum Gasteiger partial charge on any atom is 0.264 e. The third kappa shape index (κ3) is 2.70. The van der Waals surface area contributed by atoms with E-state index in [0.717, 1.165) is 0 Å². The number of aromatic nitrogens is 3. The molecule has 0 saturated heterocycles. The van der Waals surface area contributed by atoms with Gasteiger partial charge in [-0.1, -0.05) is 0 Å². The lowest BCUT2D eigenvalue weighted by Crippen LogP contribution is -2.16. The normalized spacial score (nSPS) is 9.83. The minimum Gasteiger partial charge on any atom is -0.373 e. The number of carbonyl (C=O) groups excluding carboxylic acids is 1. The fraction of sp³-hybridized carbons (Fsp3) is 0.0909. The number of hydrogen-bond acceptors (Lipinski definition) is 5. The van der Waals surface area contributed by atoms with Gasteiger partial charge in [0.2, 0.25) is 0 Å². The molecule has 3 N–H and O–H groups in total. The number of pyridine rings is 1. The number of amides is 1. The van der Waals surface area contributed by atoms with Gasteiger partial charge in [-0.3, -0.25) is 9.59 Å². The number of rotatable bonds is 3. The van der Waals surface area contributed by atoms with Crippen molar-refractivity contribution < 1.29 is 4.79 Å². The third-order valence-electron chi connectivity index (χ3n) is 2.20. The Morgan fingerprint density at radius 2 is 2.00 bits per heavy atom. The van der Waals surface area contributed by atoms with Crippen molar-refractivity contribution in [1.82, 2.24) is 15.2 Å². The molecule has 0 aliphatic heterocycles. The Morgan fingerprint density at radius 1 is 1.22 bits per heavy atom. The highest BCUT2D eigenvalue weighted by molar-refractivity contribution is 6.03. The van der Waals surface area contributed by atoms with Crippen LogP contribution < -0.4 is 16.2 Å². The Hall–Kier alpha value is -2.70. The van der Waals surface area contributed by atoms with E-state index in [1.165, 1.54) is 18.3 Å². The summed E-state index contributed by atoms with van der Waals surface area (Å²) in [6.45, 7) is 0. The molecule has 0 aromatic carbocycles. The summed E-state index contributed by atoms with van der Waals surface area (Å²) in [5.41, 5.74) is 0.0787. The molecule has 0 spiro atoms. The second kappa shape index (κ2) is 5.09. The summed E-state index contributed by atoms with van der Waals surface area (Å²) in [5.74, 6) is 0.607. The summed E-state index contributed by atoms with van der Waals surface area (Å²) in [6, 6.07) is 6.03. The van der Waals surface area contributed by atoms with Crippen LogP contribution in [0.4, 0.5) is 11.6 Å². The molecule has 2 aromatic heterocycles. The number of aromatic amines is 1. The van der Waals surface area contributed by atoms with Crippen LogP contribution in [0.3, 0.4) is 0 Å². The first kappa shape index (κ1) is 11.8. The van der Waals surface area contributed by atoms with Gasteiger partial charge in [-0.2, -0.15) is 5.10 Å². The van der Waals surface area contributed by atoms with E-state index < -0.39 is 0 Å². The van der Waals surface area contributed by atoms with Crippen LogP contribution in [-0.4, -0.2) is 28.1 Å². The fourth-order valence-corrected chi connectivity index (χ4v) is 1.28. The number of carbonyl (C=O) groups is 1. The Kier molecular flexibility index (Phi) is 3.33. The highest BCUT2D eigenvalue weighted by Crippen LogP contribution is 2.06. The fourth-order valence-electron chi connectivity index (χ4n) is 1.28. The molecule has 0 saturated carbocycles. The summed E-state index contributed by atoms with van der Waals surface area (Å²) < 4.78 is 0. The average Bonchev–Trinajstić information content (AvgIpc) is 2.41. The zero-order valence-corrected chi connectivity index (χ0v) is 9.60. The highest BCUT2D eigenvalue weighted by atomic mass is 16.2. The maximum absolute atomic E-state index is 11.8. The van der Waals surface area contributed by atoms with Crippen LogP contribution in [0.5, 0.6) is 0 Å². The van der Waals surface area contributed by atoms with Crippen molar-refractivity contribution in [2.45, 2.75) is 0 Å². The van der Waals surface area contributed by atoms with Crippen molar-refractivity contribution in [3.05, 3.63) is 46.4 Å². The number of H-pyrrole nitrogens is 1. The molecule has 2 rings (SSSR count). The molecular weight excluding hydrogens is 234 g/mol. The average molecular weight is 245 g/mol. The van der Waals surface area contributed by atoms with Gasteiger partial charge in [-0.15, -0.1) is 0 Å². The molecule has 0 aliphatic carbocycles. The molecule has 2 heterocycles. The molecule has 2 aromatic rings. The molecule has 0 aliphatic rings. The number of nitrogens with zero attached hydrogens (tertiary/aromatic N) is 2. The zero-order chi connectivity index (χ0) is 13.0. The van der Waals surface area contributed by atoms with Crippen molar-refractivity contribution in [2.75, 3.05) is 17.7 Å². The predicted octanol–water partition coefficient (Wildman–Crippen LogP) is 0.459. The lowest BCUT2D eigenvalue weighted by molar-refractivity contribution is 0.102. The summed E-state index contributed by atoms with van der Waals surface area (Å²) in [4.78, 5) is 26.6. The second-order valence-corrected chi connectivity index (χ2v) is 3.44. The van der Waals surface area contributed by atoms with Crippen LogP contribution in [0.15, 0.2) is 35.3 Å². The van der Waals surface area contributed by atoms with Crippen molar-refractivity contribution in [3.8, 4) is 0 Å². The molecule has 7 heteroatoms. The first-order valence-electron chi connectivity index (χ1n) is 5.20. The lowest BCUT2D eigenvalue weighted by Gasteiger charge is -2.04. The highest BCUT2D eigenvalue weighted by Gasteiger charge is 2.07. The van der Waals surface area contributed by atoms with E-state index in [1.807, 2.05) is 0 Å². The largest absolute Gasteiger partial charge is 0.373 e. The monoisotopic (exact) mass is 245 g/mol. The minimum atomic E-state index is -0.343. The minimum absolute atomic E-state index is 0.275. The van der Waals surface area contributed by atoms with Gasteiger partial charge in [0.05, 0.1) is 5.56 Å². The van der Waals surface area contributed by atoms with Crippen LogP contribution in [-0.2, 0) is 0 Å². The van der Waals surface area contributed by atoms with Gasteiger partial charge in [-0.25, -0.2) is 10.1 Å². The summed E-state index contributed by atoms with van der Waals surface area (Å²) >= 11 is 0. The van der Waals surface area contributed by atoms with E-state index in [1.54, 1.807) is 19.2 Å². The Balaban J connectivity index is 2.11. The Bertz CT molecular complexity index is 585. The van der Waals surface area contributed by atoms with Crippen LogP contribution in [0.1, 0.15) is 10.4 Å². The van der Waals surface area contributed by atoms with Gasteiger partial charge in [0.1, 0.15) is 5.82 Å². The summed E-state index contributed by atoms with van der Waals surface area (Å²) in [5, 5.41) is 11.3. The molecule has 1 amide bonds. The summed E-state index contributed by atoms with van der Waals surface area (Å²) in [6.07, 6.45) is 1.45. The van der Waals surface area contributed by atoms with Crippen LogP contribution in [0.25, 0.3) is 0 Å². The standard InChI is InChI=1S/C11H11N5O2/c1-12-8-3-2-7(6-13-8)11(18)14-9-4-5-10(17)16-15-9/h2-6H,1H3,(H,12,13)(H,16,17)(H,14,15,18). The van der Waals surface area contributed by atoms with E-state index >= 15 is 0 Å². The van der Waals surface area contributed by atoms with Gasteiger partial charge in [-0.05, 0) is 18.2 Å². The smallest absolute Gasteiger partial charge is 0.264 e. The molecule has 92 valence electrons. The molecule has 0 atom stereocenters. The SMILES string of the molecule is CNc1ccc(C(=O)Nc2ccc(=O)[nH]n2)cn1. The van der Waals surface area contributed by atoms with Crippen molar-refractivity contribution in [3.63, 3.8) is 0 Å². The Morgan fingerprint density at radius 3 is 2.56 bits per heavy atom. The second-order valence-electron chi connectivity index (χ2n) is 3.44. The number of nitrogens with one attached hydrogen (secondary N) is 3. The van der Waals surface area contributed by atoms with Crippen LogP contribution in [0, 0.1) is 0 Å². The first-order valence-corrected chi connectivity index (χ1v) is 5.20. The topological polar surface area (TPSA) is 99.8 Å². The van der Waals surface area contributed by atoms with E-state index in [2.05, 4.69) is 25.8 Å². The van der Waals surface area contributed by atoms with Crippen molar-refractivity contribution >= 4 is 17.5 Å². The third-order valence-corrected chi connectivity index (χ3v) is 2.20. The molecule has 7 nitrogen and oxygen atoms in total. The molecular formula is C11H11N5O2. The number of hydrogen-bond donors (Lipinski definition) is 3. The number of anilines is 2. The van der Waals surface area contributed by atoms with Gasteiger partial charge < -0.3 is 10.6 Å². The van der Waals surface area contributed by atoms with Crippen LogP contribution in [0.2, 0.25) is 0 Å². The van der Waals surface area contributed by atoms with Crippen LogP contribution >= 0.6 is 0 Å². The van der Waals surface area contributed by atoms with Crippen molar-refractivity contribution in [2.24, 2.45) is 0 Å². The Labute approximate surface area is 102 Å². The maximum atomic E-state index is 11.8. The van der Waals surface area contributed by atoms with Gasteiger partial charge in [0, 0.05) is 19.3 Å². The van der Waals surface area contributed by atoms with Gasteiger partial charge >= 0.3 is 0 Å².